The van der Waals surface area contributed by atoms with Gasteiger partial charge in [0.05, 0.1) is 10.6 Å². The molecule has 3 aromatic carbocycles. The molecule has 0 aromatic heterocycles. The molecule has 0 saturated heterocycles. The van der Waals surface area contributed by atoms with Crippen LogP contribution in [0.1, 0.15) is 42.5 Å². The average Bonchev–Trinajstić information content (AvgIpc) is 2.91. The highest BCUT2D eigenvalue weighted by atomic mass is 32.2. The zero-order valence-electron chi connectivity index (χ0n) is 23.5. The molecule has 0 heterocycles. The summed E-state index contributed by atoms with van der Waals surface area (Å²) in [6.45, 7) is 9.58. The molecular weight excluding hydrogens is 510 g/mol. The molecule has 208 valence electrons. The molecule has 0 unspecified atom stereocenters. The largest absolute Gasteiger partial charge is 0.355 e. The van der Waals surface area contributed by atoms with Gasteiger partial charge in [-0.15, -0.1) is 0 Å². The van der Waals surface area contributed by atoms with Crippen LogP contribution < -0.4 is 9.62 Å². The van der Waals surface area contributed by atoms with Crippen molar-refractivity contribution in [1.29, 1.82) is 0 Å². The van der Waals surface area contributed by atoms with Crippen LogP contribution in [0.3, 0.4) is 0 Å². The fraction of sp³-hybridized carbons (Fsp3) is 0.355. The Labute approximate surface area is 232 Å². The van der Waals surface area contributed by atoms with Crippen LogP contribution in [0.15, 0.2) is 77.7 Å². The van der Waals surface area contributed by atoms with Crippen molar-refractivity contribution in [2.45, 2.75) is 58.4 Å². The lowest BCUT2D eigenvalue weighted by Crippen LogP contribution is -2.53. The molecule has 1 atom stereocenters. The summed E-state index contributed by atoms with van der Waals surface area (Å²) in [5.74, 6) is -0.679. The van der Waals surface area contributed by atoms with E-state index in [1.165, 1.54) is 9.21 Å². The van der Waals surface area contributed by atoms with Crippen LogP contribution in [0.4, 0.5) is 5.69 Å². The van der Waals surface area contributed by atoms with Crippen LogP contribution >= 0.6 is 0 Å². The predicted molar refractivity (Wildman–Crippen MR) is 156 cm³/mol. The molecule has 2 amide bonds. The maximum atomic E-state index is 14.0. The number of nitrogens with zero attached hydrogens (tertiary/aromatic N) is 2. The van der Waals surface area contributed by atoms with Crippen LogP contribution in [0, 0.1) is 20.8 Å². The summed E-state index contributed by atoms with van der Waals surface area (Å²) in [6, 6.07) is 21.1. The first-order valence-electron chi connectivity index (χ1n) is 13.4. The van der Waals surface area contributed by atoms with Crippen molar-refractivity contribution in [2.24, 2.45) is 0 Å². The molecule has 8 heteroatoms. The van der Waals surface area contributed by atoms with Gasteiger partial charge in [0.1, 0.15) is 12.6 Å². The maximum Gasteiger partial charge on any atom is 0.264 e. The first kappa shape index (κ1) is 29.9. The third kappa shape index (κ3) is 7.47. The lowest BCUT2D eigenvalue weighted by molar-refractivity contribution is -0.139. The summed E-state index contributed by atoms with van der Waals surface area (Å²) >= 11 is 0. The number of benzene rings is 3. The van der Waals surface area contributed by atoms with Gasteiger partial charge in [0.15, 0.2) is 0 Å². The van der Waals surface area contributed by atoms with Crippen molar-refractivity contribution in [3.63, 3.8) is 0 Å². The molecule has 0 bridgehead atoms. The Morgan fingerprint density at radius 3 is 2.13 bits per heavy atom. The van der Waals surface area contributed by atoms with Crippen molar-refractivity contribution in [3.05, 3.63) is 95.1 Å². The number of aryl methyl sites for hydroxylation is 3. The van der Waals surface area contributed by atoms with E-state index in [1.54, 1.807) is 30.3 Å². The second-order valence-electron chi connectivity index (χ2n) is 9.76. The zero-order chi connectivity index (χ0) is 28.6. The number of anilines is 1. The zero-order valence-corrected chi connectivity index (χ0v) is 24.3. The van der Waals surface area contributed by atoms with Gasteiger partial charge in [-0.3, -0.25) is 13.9 Å². The van der Waals surface area contributed by atoms with E-state index in [4.69, 9.17) is 0 Å². The normalized spacial score (nSPS) is 12.0. The Bertz CT molecular complexity index is 1370. The monoisotopic (exact) mass is 549 g/mol. The van der Waals surface area contributed by atoms with Gasteiger partial charge in [-0.05, 0) is 75.4 Å². The quantitative estimate of drug-likeness (QED) is 0.352. The molecule has 7 nitrogen and oxygen atoms in total. The molecule has 0 fully saturated rings. The highest BCUT2D eigenvalue weighted by Crippen LogP contribution is 2.28. The number of hydrogen-bond donors (Lipinski definition) is 1. The van der Waals surface area contributed by atoms with Crippen molar-refractivity contribution in [3.8, 4) is 0 Å². The van der Waals surface area contributed by atoms with Crippen LogP contribution in [-0.4, -0.2) is 50.8 Å². The predicted octanol–water partition coefficient (Wildman–Crippen LogP) is 4.79. The van der Waals surface area contributed by atoms with Gasteiger partial charge in [-0.1, -0.05) is 67.1 Å². The second kappa shape index (κ2) is 13.4. The number of amides is 2. The molecule has 0 spiro atoms. The van der Waals surface area contributed by atoms with Crippen molar-refractivity contribution < 1.29 is 18.0 Å². The second-order valence-corrected chi connectivity index (χ2v) is 11.6. The van der Waals surface area contributed by atoms with E-state index in [0.717, 1.165) is 22.3 Å². The molecule has 3 aromatic rings. The first-order chi connectivity index (χ1) is 18.6. The maximum absolute atomic E-state index is 14.0. The molecule has 0 saturated carbocycles. The van der Waals surface area contributed by atoms with Gasteiger partial charge in [0.2, 0.25) is 11.8 Å². The first-order valence-corrected chi connectivity index (χ1v) is 14.8. The summed E-state index contributed by atoms with van der Waals surface area (Å²) in [5, 5.41) is 2.83. The molecule has 3 rings (SSSR count). The minimum atomic E-state index is -4.08. The van der Waals surface area contributed by atoms with Crippen LogP contribution in [0.25, 0.3) is 0 Å². The summed E-state index contributed by atoms with van der Waals surface area (Å²) in [5.41, 5.74) is 4.01. The van der Waals surface area contributed by atoms with Gasteiger partial charge in [0.25, 0.3) is 10.0 Å². The van der Waals surface area contributed by atoms with Crippen molar-refractivity contribution >= 4 is 27.5 Å². The summed E-state index contributed by atoms with van der Waals surface area (Å²) in [4.78, 5) is 28.7. The number of rotatable bonds is 12. The van der Waals surface area contributed by atoms with Gasteiger partial charge >= 0.3 is 0 Å². The summed E-state index contributed by atoms with van der Waals surface area (Å²) < 4.78 is 29.2. The summed E-state index contributed by atoms with van der Waals surface area (Å²) in [6.07, 6.45) is 0.942. The van der Waals surface area contributed by atoms with Crippen molar-refractivity contribution in [2.75, 3.05) is 23.9 Å². The topological polar surface area (TPSA) is 86.8 Å². The van der Waals surface area contributed by atoms with Gasteiger partial charge in [-0.2, -0.15) is 0 Å². The molecule has 0 radical (unpaired) electrons. The number of carbonyl (C=O) groups excluding carboxylic acids is 2. The number of carbonyl (C=O) groups is 2. The van der Waals surface area contributed by atoms with Gasteiger partial charge < -0.3 is 10.2 Å². The Morgan fingerprint density at radius 2 is 1.51 bits per heavy atom. The van der Waals surface area contributed by atoms with Crippen LogP contribution in [-0.2, 0) is 26.0 Å². The lowest BCUT2D eigenvalue weighted by atomic mass is 10.1. The minimum Gasteiger partial charge on any atom is -0.355 e. The Balaban J connectivity index is 2.05. The van der Waals surface area contributed by atoms with E-state index >= 15 is 0 Å². The standard InChI is InChI=1S/C31H39N3O4S/c1-6-28(31(36)32-7-2)33(20-19-26-11-9-8-10-12-26)30(35)22-34(29-21-24(4)13-16-25(29)5)39(37,38)27-17-14-23(3)15-18-27/h8-18,21,28H,6-7,19-20,22H2,1-5H3,(H,32,36)/t28-/m0/s1. The van der Waals surface area contributed by atoms with Gasteiger partial charge in [0, 0.05) is 13.1 Å². The molecule has 39 heavy (non-hydrogen) atoms. The SMILES string of the molecule is CCNC(=O)[C@H](CC)N(CCc1ccccc1)C(=O)CN(c1cc(C)ccc1C)S(=O)(=O)c1ccc(C)cc1. The molecule has 0 aliphatic heterocycles. The van der Waals surface area contributed by atoms with Gasteiger partial charge in [-0.25, -0.2) is 8.42 Å². The van der Waals surface area contributed by atoms with E-state index in [2.05, 4.69) is 5.32 Å². The molecule has 1 N–H and O–H groups in total. The van der Waals surface area contributed by atoms with Crippen LogP contribution in [0.5, 0.6) is 0 Å². The molecular formula is C31H39N3O4S. The van der Waals surface area contributed by atoms with E-state index in [1.807, 2.05) is 77.1 Å². The van der Waals surface area contributed by atoms with E-state index in [9.17, 15) is 18.0 Å². The fourth-order valence-corrected chi connectivity index (χ4v) is 6.00. The van der Waals surface area contributed by atoms with E-state index < -0.39 is 28.5 Å². The van der Waals surface area contributed by atoms with E-state index in [0.29, 0.717) is 25.1 Å². The third-order valence-corrected chi connectivity index (χ3v) is 8.52. The highest BCUT2D eigenvalue weighted by Gasteiger charge is 2.33. The Kier molecular flexibility index (Phi) is 10.3. The van der Waals surface area contributed by atoms with Crippen LogP contribution in [0.2, 0.25) is 0 Å². The third-order valence-electron chi connectivity index (χ3n) is 6.74. The fourth-order valence-electron chi connectivity index (χ4n) is 4.53. The minimum absolute atomic E-state index is 0.105. The average molecular weight is 550 g/mol. The number of hydrogen-bond acceptors (Lipinski definition) is 4. The van der Waals surface area contributed by atoms with Crippen molar-refractivity contribution in [1.82, 2.24) is 10.2 Å². The highest BCUT2D eigenvalue weighted by molar-refractivity contribution is 7.92. The Hall–Kier alpha value is -3.65. The number of sulfonamides is 1. The summed E-state index contributed by atoms with van der Waals surface area (Å²) in [7, 11) is -4.08. The molecule has 0 aliphatic carbocycles. The lowest BCUT2D eigenvalue weighted by Gasteiger charge is -2.33. The number of likely N-dealkylation sites (N-methyl/N-ethyl adjacent to an activating group) is 1. The number of nitrogens with one attached hydrogen (secondary N) is 1. The molecule has 0 aliphatic rings. The Morgan fingerprint density at radius 1 is 0.872 bits per heavy atom. The van der Waals surface area contributed by atoms with E-state index in [-0.39, 0.29) is 17.3 Å². The smallest absolute Gasteiger partial charge is 0.264 e.